The molecular formula is C14H17ClF3NO2. The number of amides is 1. The molecule has 0 saturated carbocycles. The summed E-state index contributed by atoms with van der Waals surface area (Å²) in [5.74, 6) is 0.180. The van der Waals surface area contributed by atoms with Gasteiger partial charge in [0.05, 0.1) is 13.0 Å². The van der Waals surface area contributed by atoms with Gasteiger partial charge in [-0.1, -0.05) is 12.1 Å². The van der Waals surface area contributed by atoms with E-state index in [4.69, 9.17) is 11.6 Å². The Labute approximate surface area is 126 Å². The Morgan fingerprint density at radius 1 is 1.33 bits per heavy atom. The summed E-state index contributed by atoms with van der Waals surface area (Å²) in [6, 6.07) is 7.27. The Hall–Kier alpha value is -1.27. The number of hydrogen-bond acceptors (Lipinski definition) is 2. The molecule has 0 bridgehead atoms. The molecular weight excluding hydrogens is 307 g/mol. The van der Waals surface area contributed by atoms with Crippen LogP contribution in [-0.4, -0.2) is 31.2 Å². The largest absolute Gasteiger partial charge is 0.411 e. The summed E-state index contributed by atoms with van der Waals surface area (Å²) in [6.07, 6.45) is -2.85. The Kier molecular flexibility index (Phi) is 7.53. The molecule has 0 spiro atoms. The molecule has 21 heavy (non-hydrogen) atoms. The maximum absolute atomic E-state index is 11.8. The van der Waals surface area contributed by atoms with Gasteiger partial charge < -0.3 is 10.1 Å². The van der Waals surface area contributed by atoms with Crippen LogP contribution in [0.3, 0.4) is 0 Å². The highest BCUT2D eigenvalue weighted by Crippen LogP contribution is 2.15. The van der Waals surface area contributed by atoms with Gasteiger partial charge in [-0.2, -0.15) is 13.2 Å². The van der Waals surface area contributed by atoms with Crippen LogP contribution >= 0.6 is 11.6 Å². The minimum Gasteiger partial charge on any atom is -0.372 e. The van der Waals surface area contributed by atoms with Gasteiger partial charge in [0, 0.05) is 11.6 Å². The van der Waals surface area contributed by atoms with Gasteiger partial charge in [-0.05, 0) is 30.5 Å². The Balaban J connectivity index is 2.34. The molecule has 7 heteroatoms. The first kappa shape index (κ1) is 17.8. The van der Waals surface area contributed by atoms with Crippen molar-refractivity contribution in [1.82, 2.24) is 0 Å². The molecule has 1 rings (SSSR count). The third-order valence-electron chi connectivity index (χ3n) is 2.55. The maximum Gasteiger partial charge on any atom is 0.411 e. The number of carbonyl (C=O) groups excluding carboxylic acids is 1. The number of carbonyl (C=O) groups is 1. The number of alkyl halides is 4. The lowest BCUT2D eigenvalue weighted by molar-refractivity contribution is -0.174. The Morgan fingerprint density at radius 2 is 2.10 bits per heavy atom. The first-order valence-corrected chi connectivity index (χ1v) is 7.03. The number of nitrogens with one attached hydrogen (secondary N) is 1. The van der Waals surface area contributed by atoms with E-state index in [0.29, 0.717) is 11.6 Å². The monoisotopic (exact) mass is 323 g/mol. The number of anilines is 1. The van der Waals surface area contributed by atoms with Gasteiger partial charge >= 0.3 is 6.18 Å². The van der Waals surface area contributed by atoms with E-state index in [2.05, 4.69) is 10.1 Å². The van der Waals surface area contributed by atoms with E-state index < -0.39 is 12.8 Å². The highest BCUT2D eigenvalue weighted by molar-refractivity contribution is 6.17. The second-order valence-electron chi connectivity index (χ2n) is 4.46. The van der Waals surface area contributed by atoms with Crippen molar-refractivity contribution in [3.05, 3.63) is 29.8 Å². The van der Waals surface area contributed by atoms with Crippen LogP contribution in [0.5, 0.6) is 0 Å². The van der Waals surface area contributed by atoms with E-state index in [9.17, 15) is 18.0 Å². The van der Waals surface area contributed by atoms with Crippen LogP contribution < -0.4 is 5.32 Å². The predicted molar refractivity (Wildman–Crippen MR) is 75.6 cm³/mol. The van der Waals surface area contributed by atoms with Crippen LogP contribution in [0.2, 0.25) is 0 Å². The van der Waals surface area contributed by atoms with E-state index >= 15 is 0 Å². The summed E-state index contributed by atoms with van der Waals surface area (Å²) < 4.78 is 39.9. The van der Waals surface area contributed by atoms with Crippen LogP contribution in [0.4, 0.5) is 18.9 Å². The third kappa shape index (κ3) is 8.57. The normalized spacial score (nSPS) is 11.4. The van der Waals surface area contributed by atoms with Gasteiger partial charge in [0.25, 0.3) is 0 Å². The van der Waals surface area contributed by atoms with Crippen molar-refractivity contribution in [2.45, 2.75) is 25.4 Å². The van der Waals surface area contributed by atoms with E-state index in [1.165, 1.54) is 0 Å². The zero-order valence-corrected chi connectivity index (χ0v) is 12.1. The van der Waals surface area contributed by atoms with Gasteiger partial charge in [0.1, 0.15) is 6.61 Å². The number of hydrogen-bond donors (Lipinski definition) is 1. The van der Waals surface area contributed by atoms with Crippen molar-refractivity contribution in [3.63, 3.8) is 0 Å². The number of aryl methyl sites for hydroxylation is 1. The molecule has 3 nitrogen and oxygen atoms in total. The topological polar surface area (TPSA) is 38.3 Å². The van der Waals surface area contributed by atoms with Gasteiger partial charge in [-0.15, -0.1) is 11.6 Å². The molecule has 0 aliphatic heterocycles. The highest BCUT2D eigenvalue weighted by Gasteiger charge is 2.27. The summed E-state index contributed by atoms with van der Waals surface area (Å²) in [6.45, 7) is -1.61. The molecule has 0 aliphatic carbocycles. The molecule has 1 amide bonds. The zero-order chi connectivity index (χ0) is 15.7. The lowest BCUT2D eigenvalue weighted by Gasteiger charge is -2.09. The molecule has 1 aromatic carbocycles. The Bertz CT molecular complexity index is 452. The summed E-state index contributed by atoms with van der Waals surface area (Å²) >= 11 is 5.61. The first-order chi connectivity index (χ1) is 9.90. The van der Waals surface area contributed by atoms with E-state index in [1.54, 1.807) is 12.1 Å². The molecule has 118 valence electrons. The second kappa shape index (κ2) is 8.89. The molecule has 0 aromatic heterocycles. The van der Waals surface area contributed by atoms with E-state index in [0.717, 1.165) is 18.4 Å². The van der Waals surface area contributed by atoms with Crippen molar-refractivity contribution in [2.24, 2.45) is 0 Å². The molecule has 0 radical (unpaired) electrons. The second-order valence-corrected chi connectivity index (χ2v) is 4.84. The van der Waals surface area contributed by atoms with Crippen molar-refractivity contribution >= 4 is 23.2 Å². The highest BCUT2D eigenvalue weighted by atomic mass is 35.5. The first-order valence-electron chi connectivity index (χ1n) is 6.50. The summed E-state index contributed by atoms with van der Waals surface area (Å²) in [7, 11) is 0. The van der Waals surface area contributed by atoms with Crippen molar-refractivity contribution in [2.75, 3.05) is 24.4 Å². The fourth-order valence-electron chi connectivity index (χ4n) is 1.65. The standard InChI is InChI=1S/C14H17ClF3NO2/c15-7-2-4-11-3-1-5-12(9-11)19-13(20)6-8-21-10-14(16,17)18/h1,3,5,9H,2,4,6-8,10H2,(H,19,20). The molecule has 0 atom stereocenters. The fourth-order valence-corrected chi connectivity index (χ4v) is 1.79. The van der Waals surface area contributed by atoms with E-state index in [1.807, 2.05) is 12.1 Å². The van der Waals surface area contributed by atoms with Crippen LogP contribution in [0.1, 0.15) is 18.4 Å². The summed E-state index contributed by atoms with van der Waals surface area (Å²) in [5.41, 5.74) is 1.66. The summed E-state index contributed by atoms with van der Waals surface area (Å²) in [4.78, 5) is 11.6. The average molecular weight is 324 g/mol. The zero-order valence-electron chi connectivity index (χ0n) is 11.4. The molecule has 0 aliphatic rings. The minimum atomic E-state index is -4.37. The third-order valence-corrected chi connectivity index (χ3v) is 2.82. The molecule has 0 saturated heterocycles. The average Bonchev–Trinajstić information content (AvgIpc) is 2.41. The van der Waals surface area contributed by atoms with Crippen LogP contribution in [0.15, 0.2) is 24.3 Å². The Morgan fingerprint density at radius 3 is 2.76 bits per heavy atom. The van der Waals surface area contributed by atoms with Gasteiger partial charge in [0.15, 0.2) is 0 Å². The van der Waals surface area contributed by atoms with Crippen molar-refractivity contribution in [3.8, 4) is 0 Å². The summed E-state index contributed by atoms with van der Waals surface area (Å²) in [5, 5.41) is 2.62. The maximum atomic E-state index is 11.8. The number of halogens is 4. The molecule has 1 aromatic rings. The van der Waals surface area contributed by atoms with Gasteiger partial charge in [-0.25, -0.2) is 0 Å². The predicted octanol–water partition coefficient (Wildman–Crippen LogP) is 3.77. The lowest BCUT2D eigenvalue weighted by Crippen LogP contribution is -2.20. The SMILES string of the molecule is O=C(CCOCC(F)(F)F)Nc1cccc(CCCCl)c1. The van der Waals surface area contributed by atoms with Gasteiger partial charge in [-0.3, -0.25) is 4.79 Å². The minimum absolute atomic E-state index is 0.123. The molecule has 1 N–H and O–H groups in total. The van der Waals surface area contributed by atoms with E-state index in [-0.39, 0.29) is 18.9 Å². The lowest BCUT2D eigenvalue weighted by atomic mass is 10.1. The number of ether oxygens (including phenoxy) is 1. The van der Waals surface area contributed by atoms with Crippen molar-refractivity contribution < 1.29 is 22.7 Å². The number of benzene rings is 1. The van der Waals surface area contributed by atoms with Crippen LogP contribution in [-0.2, 0) is 16.0 Å². The molecule has 0 unspecified atom stereocenters. The number of rotatable bonds is 8. The molecule has 0 heterocycles. The molecule has 0 fully saturated rings. The van der Waals surface area contributed by atoms with Crippen molar-refractivity contribution in [1.29, 1.82) is 0 Å². The smallest absolute Gasteiger partial charge is 0.372 e. The van der Waals surface area contributed by atoms with Gasteiger partial charge in [0.2, 0.25) is 5.91 Å². The quantitative estimate of drug-likeness (QED) is 0.584. The van der Waals surface area contributed by atoms with Crippen LogP contribution in [0, 0.1) is 0 Å². The van der Waals surface area contributed by atoms with Crippen LogP contribution in [0.25, 0.3) is 0 Å². The fraction of sp³-hybridized carbons (Fsp3) is 0.500.